The topological polar surface area (TPSA) is 95.0 Å². The second-order valence-corrected chi connectivity index (χ2v) is 6.91. The van der Waals surface area contributed by atoms with Gasteiger partial charge < -0.3 is 14.9 Å². The van der Waals surface area contributed by atoms with Crippen molar-refractivity contribution in [3.63, 3.8) is 0 Å². The van der Waals surface area contributed by atoms with Crippen molar-refractivity contribution in [2.24, 2.45) is 0 Å². The number of likely N-dealkylation sites (N-methyl/N-ethyl adjacent to an activating group) is 1. The first kappa shape index (κ1) is 15.9. The molecular weight excluding hydrogens is 272 g/mol. The van der Waals surface area contributed by atoms with Gasteiger partial charge in [0.05, 0.1) is 0 Å². The van der Waals surface area contributed by atoms with Gasteiger partial charge in [-0.05, 0) is 13.5 Å². The summed E-state index contributed by atoms with van der Waals surface area (Å²) in [5, 5.41) is 7.36. The number of sulfone groups is 1. The maximum Gasteiger partial charge on any atom is 0.321 e. The van der Waals surface area contributed by atoms with E-state index in [1.807, 2.05) is 11.9 Å². The first-order valence-corrected chi connectivity index (χ1v) is 7.90. The van der Waals surface area contributed by atoms with E-state index in [2.05, 4.69) is 0 Å². The molecule has 0 radical (unpaired) electrons. The van der Waals surface area contributed by atoms with Gasteiger partial charge in [0.1, 0.15) is 5.75 Å². The number of rotatable bonds is 5. The molecule has 0 aliphatic carbocycles. The van der Waals surface area contributed by atoms with E-state index in [0.717, 1.165) is 0 Å². The first-order valence-electron chi connectivity index (χ1n) is 6.18. The number of carboxylic acid groups (broad SMARTS) is 1. The molecule has 7 nitrogen and oxygen atoms in total. The van der Waals surface area contributed by atoms with E-state index in [4.69, 9.17) is 5.11 Å². The van der Waals surface area contributed by atoms with Crippen molar-refractivity contribution in [1.29, 1.82) is 0 Å². The van der Waals surface area contributed by atoms with Gasteiger partial charge in [-0.15, -0.1) is 0 Å². The SMILES string of the molecule is CCC(C(=O)O)S(=O)(=O)CC(=O)N1CCN(C)CC1. The molecule has 1 fully saturated rings. The molecule has 1 aliphatic heterocycles. The maximum atomic E-state index is 11.9. The highest BCUT2D eigenvalue weighted by Gasteiger charge is 2.34. The Labute approximate surface area is 113 Å². The van der Waals surface area contributed by atoms with Gasteiger partial charge in [0.15, 0.2) is 15.1 Å². The molecule has 0 spiro atoms. The molecule has 1 rings (SSSR count). The fourth-order valence-electron chi connectivity index (χ4n) is 2.00. The monoisotopic (exact) mass is 292 g/mol. The Morgan fingerprint density at radius 3 is 2.16 bits per heavy atom. The molecule has 1 unspecified atom stereocenters. The molecule has 0 bridgehead atoms. The summed E-state index contributed by atoms with van der Waals surface area (Å²) in [6, 6.07) is 0. The van der Waals surface area contributed by atoms with Crippen LogP contribution in [-0.2, 0) is 19.4 Å². The third-order valence-corrected chi connectivity index (χ3v) is 5.31. The van der Waals surface area contributed by atoms with Crippen LogP contribution in [0.4, 0.5) is 0 Å². The number of aliphatic carboxylic acids is 1. The molecule has 19 heavy (non-hydrogen) atoms. The van der Waals surface area contributed by atoms with E-state index in [0.29, 0.717) is 26.2 Å². The average Bonchev–Trinajstić information content (AvgIpc) is 2.28. The molecule has 0 aromatic carbocycles. The number of carbonyl (C=O) groups excluding carboxylic acids is 1. The molecule has 0 saturated carbocycles. The zero-order valence-electron chi connectivity index (χ0n) is 11.2. The molecule has 1 N–H and O–H groups in total. The molecule has 0 aromatic rings. The van der Waals surface area contributed by atoms with Gasteiger partial charge in [0.2, 0.25) is 5.91 Å². The quantitative estimate of drug-likeness (QED) is 0.701. The van der Waals surface area contributed by atoms with Crippen molar-refractivity contribution < 1.29 is 23.1 Å². The fourth-order valence-corrected chi connectivity index (χ4v) is 3.55. The maximum absolute atomic E-state index is 11.9. The van der Waals surface area contributed by atoms with E-state index in [1.165, 1.54) is 11.8 Å². The standard InChI is InChI=1S/C11H20N2O5S/c1-3-9(11(15)16)19(17,18)8-10(14)13-6-4-12(2)5-7-13/h9H,3-8H2,1-2H3,(H,15,16). The minimum Gasteiger partial charge on any atom is -0.480 e. The van der Waals surface area contributed by atoms with Crippen LogP contribution >= 0.6 is 0 Å². The molecule has 0 aromatic heterocycles. The summed E-state index contributed by atoms with van der Waals surface area (Å²) < 4.78 is 23.8. The number of hydrogen-bond donors (Lipinski definition) is 1. The number of carboxylic acids is 1. The van der Waals surface area contributed by atoms with Crippen molar-refractivity contribution >= 4 is 21.7 Å². The number of piperazine rings is 1. The van der Waals surface area contributed by atoms with Crippen molar-refractivity contribution in [3.05, 3.63) is 0 Å². The molecule has 1 heterocycles. The third kappa shape index (κ3) is 4.17. The van der Waals surface area contributed by atoms with Gasteiger partial charge >= 0.3 is 5.97 Å². The Morgan fingerprint density at radius 2 is 1.74 bits per heavy atom. The van der Waals surface area contributed by atoms with Crippen LogP contribution < -0.4 is 0 Å². The Kier molecular flexibility index (Phi) is 5.30. The number of carbonyl (C=O) groups is 2. The molecule has 1 amide bonds. The summed E-state index contributed by atoms with van der Waals surface area (Å²) in [5.74, 6) is -2.62. The second kappa shape index (κ2) is 6.33. The van der Waals surface area contributed by atoms with E-state index >= 15 is 0 Å². The largest absolute Gasteiger partial charge is 0.480 e. The molecule has 110 valence electrons. The lowest BCUT2D eigenvalue weighted by Gasteiger charge is -2.32. The smallest absolute Gasteiger partial charge is 0.321 e. The summed E-state index contributed by atoms with van der Waals surface area (Å²) in [6.45, 7) is 3.84. The molecule has 1 atom stereocenters. The predicted molar refractivity (Wildman–Crippen MR) is 69.6 cm³/mol. The van der Waals surface area contributed by atoms with Gasteiger partial charge in [0.25, 0.3) is 0 Å². The van der Waals surface area contributed by atoms with E-state index in [-0.39, 0.29) is 6.42 Å². The van der Waals surface area contributed by atoms with Gasteiger partial charge in [-0.2, -0.15) is 0 Å². The van der Waals surface area contributed by atoms with E-state index in [9.17, 15) is 18.0 Å². The zero-order chi connectivity index (χ0) is 14.6. The normalized spacial score (nSPS) is 19.2. The second-order valence-electron chi connectivity index (χ2n) is 4.73. The summed E-state index contributed by atoms with van der Waals surface area (Å²) in [5.41, 5.74) is 0. The number of hydrogen-bond acceptors (Lipinski definition) is 5. The van der Waals surface area contributed by atoms with Crippen molar-refractivity contribution in [2.75, 3.05) is 39.0 Å². The van der Waals surface area contributed by atoms with Gasteiger partial charge in [-0.1, -0.05) is 6.92 Å². The van der Waals surface area contributed by atoms with Crippen molar-refractivity contribution in [2.45, 2.75) is 18.6 Å². The Hall–Kier alpha value is -1.15. The van der Waals surface area contributed by atoms with Crippen LogP contribution in [-0.4, -0.2) is 79.4 Å². The van der Waals surface area contributed by atoms with Crippen LogP contribution in [0, 0.1) is 0 Å². The van der Waals surface area contributed by atoms with Gasteiger partial charge in [-0.3, -0.25) is 9.59 Å². The average molecular weight is 292 g/mol. The molecule has 8 heteroatoms. The number of amides is 1. The predicted octanol–water partition coefficient (Wildman–Crippen LogP) is -0.962. The highest BCUT2D eigenvalue weighted by molar-refractivity contribution is 7.93. The van der Waals surface area contributed by atoms with Crippen LogP contribution in [0.2, 0.25) is 0 Å². The first-order chi connectivity index (χ1) is 8.77. The van der Waals surface area contributed by atoms with Crippen LogP contribution in [0.15, 0.2) is 0 Å². The lowest BCUT2D eigenvalue weighted by atomic mass is 10.3. The van der Waals surface area contributed by atoms with Crippen LogP contribution in [0.3, 0.4) is 0 Å². The minimum atomic E-state index is -3.94. The third-order valence-electron chi connectivity index (χ3n) is 3.26. The highest BCUT2D eigenvalue weighted by Crippen LogP contribution is 2.10. The molecule has 1 aliphatic rings. The lowest BCUT2D eigenvalue weighted by Crippen LogP contribution is -2.49. The Bertz CT molecular complexity index is 440. The Balaban J connectivity index is 2.67. The van der Waals surface area contributed by atoms with Gasteiger partial charge in [0, 0.05) is 26.2 Å². The van der Waals surface area contributed by atoms with Crippen molar-refractivity contribution in [1.82, 2.24) is 9.80 Å². The summed E-state index contributed by atoms with van der Waals surface area (Å²) in [6.07, 6.45) is -0.0340. The van der Waals surface area contributed by atoms with Gasteiger partial charge in [-0.25, -0.2) is 8.42 Å². The summed E-state index contributed by atoms with van der Waals surface area (Å²) in [7, 11) is -2.01. The zero-order valence-corrected chi connectivity index (χ0v) is 12.0. The van der Waals surface area contributed by atoms with E-state index < -0.39 is 32.7 Å². The number of nitrogens with zero attached hydrogens (tertiary/aromatic N) is 2. The van der Waals surface area contributed by atoms with Crippen LogP contribution in [0.1, 0.15) is 13.3 Å². The lowest BCUT2D eigenvalue weighted by molar-refractivity contribution is -0.136. The molecular formula is C11H20N2O5S. The Morgan fingerprint density at radius 1 is 1.21 bits per heavy atom. The van der Waals surface area contributed by atoms with E-state index in [1.54, 1.807) is 0 Å². The highest BCUT2D eigenvalue weighted by atomic mass is 32.2. The summed E-state index contributed by atoms with van der Waals surface area (Å²) >= 11 is 0. The minimum absolute atomic E-state index is 0.0340. The van der Waals surface area contributed by atoms with Crippen molar-refractivity contribution in [3.8, 4) is 0 Å². The van der Waals surface area contributed by atoms with Crippen LogP contribution in [0.25, 0.3) is 0 Å². The molecule has 1 saturated heterocycles. The fraction of sp³-hybridized carbons (Fsp3) is 0.818. The summed E-state index contributed by atoms with van der Waals surface area (Å²) in [4.78, 5) is 26.3. The van der Waals surface area contributed by atoms with Crippen LogP contribution in [0.5, 0.6) is 0 Å².